The summed E-state index contributed by atoms with van der Waals surface area (Å²) in [5.41, 5.74) is 2.81. The van der Waals surface area contributed by atoms with Crippen LogP contribution in [-0.2, 0) is 6.54 Å². The smallest absolute Gasteiger partial charge is 0.176 e. The second-order valence-corrected chi connectivity index (χ2v) is 7.12. The van der Waals surface area contributed by atoms with Gasteiger partial charge in [0.1, 0.15) is 10.8 Å². The molecule has 0 aliphatic rings. The summed E-state index contributed by atoms with van der Waals surface area (Å²) in [5.74, 6) is 1.16. The SMILES string of the molecule is COc1ccc(C)cc1NC(=S)Nc1nn(Cc2ccccc2Cl)cc1Cl. The predicted octanol–water partition coefficient (Wildman–Crippen LogP) is 5.36. The molecule has 0 amide bonds. The van der Waals surface area contributed by atoms with Crippen LogP contribution < -0.4 is 15.4 Å². The number of aryl methyl sites for hydroxylation is 1. The highest BCUT2D eigenvalue weighted by Crippen LogP contribution is 2.26. The van der Waals surface area contributed by atoms with Crippen LogP contribution in [0, 0.1) is 6.92 Å². The van der Waals surface area contributed by atoms with Crippen LogP contribution in [0.3, 0.4) is 0 Å². The zero-order chi connectivity index (χ0) is 19.4. The zero-order valence-electron chi connectivity index (χ0n) is 14.8. The van der Waals surface area contributed by atoms with Gasteiger partial charge in [-0.3, -0.25) is 4.68 Å². The molecule has 2 N–H and O–H groups in total. The fraction of sp³-hybridized carbons (Fsp3) is 0.158. The van der Waals surface area contributed by atoms with Crippen LogP contribution in [-0.4, -0.2) is 22.0 Å². The summed E-state index contributed by atoms with van der Waals surface area (Å²) >= 11 is 17.9. The average Bonchev–Trinajstić information content (AvgIpc) is 2.96. The van der Waals surface area contributed by atoms with Gasteiger partial charge in [-0.25, -0.2) is 0 Å². The van der Waals surface area contributed by atoms with Crippen molar-refractivity contribution in [3.05, 3.63) is 69.8 Å². The molecule has 0 radical (unpaired) electrons. The van der Waals surface area contributed by atoms with Crippen molar-refractivity contribution in [1.29, 1.82) is 0 Å². The van der Waals surface area contributed by atoms with E-state index in [1.54, 1.807) is 18.0 Å². The highest BCUT2D eigenvalue weighted by atomic mass is 35.5. The predicted molar refractivity (Wildman–Crippen MR) is 115 cm³/mol. The van der Waals surface area contributed by atoms with Crippen LogP contribution in [0.25, 0.3) is 0 Å². The van der Waals surface area contributed by atoms with Crippen molar-refractivity contribution >= 4 is 52.0 Å². The maximum atomic E-state index is 6.29. The van der Waals surface area contributed by atoms with Crippen molar-refractivity contribution in [2.24, 2.45) is 0 Å². The van der Waals surface area contributed by atoms with E-state index in [1.165, 1.54) is 0 Å². The number of rotatable bonds is 5. The van der Waals surface area contributed by atoms with Gasteiger partial charge in [0, 0.05) is 11.2 Å². The topological polar surface area (TPSA) is 51.1 Å². The van der Waals surface area contributed by atoms with Crippen LogP contribution in [0.15, 0.2) is 48.7 Å². The summed E-state index contributed by atoms with van der Waals surface area (Å²) < 4.78 is 7.06. The van der Waals surface area contributed by atoms with E-state index >= 15 is 0 Å². The molecule has 0 saturated carbocycles. The molecule has 2 aromatic carbocycles. The van der Waals surface area contributed by atoms with Crippen molar-refractivity contribution < 1.29 is 4.74 Å². The molecular weight excluding hydrogens is 403 g/mol. The highest BCUT2D eigenvalue weighted by molar-refractivity contribution is 7.80. The molecule has 1 heterocycles. The van der Waals surface area contributed by atoms with Gasteiger partial charge in [0.15, 0.2) is 10.9 Å². The Balaban J connectivity index is 1.71. The molecule has 1 aromatic heterocycles. The van der Waals surface area contributed by atoms with Crippen molar-refractivity contribution in [2.75, 3.05) is 17.7 Å². The van der Waals surface area contributed by atoms with Gasteiger partial charge in [-0.05, 0) is 48.5 Å². The Bertz CT molecular complexity index is 974. The van der Waals surface area contributed by atoms with Crippen molar-refractivity contribution in [1.82, 2.24) is 9.78 Å². The maximum absolute atomic E-state index is 6.29. The first kappa shape index (κ1) is 19.5. The first-order valence-corrected chi connectivity index (χ1v) is 9.31. The second-order valence-electron chi connectivity index (χ2n) is 5.90. The number of hydrogen-bond donors (Lipinski definition) is 2. The Morgan fingerprint density at radius 1 is 1.15 bits per heavy atom. The lowest BCUT2D eigenvalue weighted by Crippen LogP contribution is -2.20. The number of benzene rings is 2. The fourth-order valence-corrected chi connectivity index (χ4v) is 3.14. The van der Waals surface area contributed by atoms with Gasteiger partial charge in [-0.1, -0.05) is 47.5 Å². The van der Waals surface area contributed by atoms with Gasteiger partial charge in [-0.15, -0.1) is 0 Å². The molecule has 0 aliphatic heterocycles. The first-order chi connectivity index (χ1) is 13.0. The minimum absolute atomic E-state index is 0.365. The third-order valence-corrected chi connectivity index (χ3v) is 4.69. The summed E-state index contributed by atoms with van der Waals surface area (Å²) in [5, 5.41) is 12.1. The lowest BCUT2D eigenvalue weighted by atomic mass is 10.2. The molecule has 0 atom stereocenters. The average molecular weight is 421 g/mol. The fourth-order valence-electron chi connectivity index (χ4n) is 2.54. The molecule has 5 nitrogen and oxygen atoms in total. The number of nitrogens with one attached hydrogen (secondary N) is 2. The van der Waals surface area contributed by atoms with E-state index in [9.17, 15) is 0 Å². The molecule has 0 bridgehead atoms. The number of halogens is 2. The standard InChI is InChI=1S/C19H18Cl2N4OS/c1-12-7-8-17(26-2)16(9-12)22-19(27)23-18-15(21)11-25(24-18)10-13-5-3-4-6-14(13)20/h3-9,11H,10H2,1-2H3,(H2,22,23,24,27). The van der Waals surface area contributed by atoms with Crippen LogP contribution in [0.1, 0.15) is 11.1 Å². The van der Waals surface area contributed by atoms with E-state index in [4.69, 9.17) is 40.2 Å². The van der Waals surface area contributed by atoms with E-state index in [2.05, 4.69) is 15.7 Å². The molecule has 27 heavy (non-hydrogen) atoms. The Morgan fingerprint density at radius 2 is 1.93 bits per heavy atom. The number of aromatic nitrogens is 2. The van der Waals surface area contributed by atoms with Crippen LogP contribution in [0.4, 0.5) is 11.5 Å². The van der Waals surface area contributed by atoms with Gasteiger partial charge in [0.25, 0.3) is 0 Å². The molecule has 8 heteroatoms. The largest absolute Gasteiger partial charge is 0.495 e. The highest BCUT2D eigenvalue weighted by Gasteiger charge is 2.11. The Morgan fingerprint density at radius 3 is 2.67 bits per heavy atom. The van der Waals surface area contributed by atoms with E-state index < -0.39 is 0 Å². The number of thiocarbonyl (C=S) groups is 1. The molecule has 3 rings (SSSR count). The second kappa shape index (κ2) is 8.61. The van der Waals surface area contributed by atoms with Gasteiger partial charge >= 0.3 is 0 Å². The number of nitrogens with zero attached hydrogens (tertiary/aromatic N) is 2. The normalized spacial score (nSPS) is 10.5. The van der Waals surface area contributed by atoms with Gasteiger partial charge in [0.2, 0.25) is 0 Å². The maximum Gasteiger partial charge on any atom is 0.176 e. The van der Waals surface area contributed by atoms with Gasteiger partial charge in [-0.2, -0.15) is 5.10 Å². The molecule has 0 fully saturated rings. The Hall–Kier alpha value is -2.28. The monoisotopic (exact) mass is 420 g/mol. The van der Waals surface area contributed by atoms with E-state index in [0.717, 1.165) is 16.8 Å². The van der Waals surface area contributed by atoms with Crippen LogP contribution in [0.5, 0.6) is 5.75 Å². The van der Waals surface area contributed by atoms with Crippen LogP contribution in [0.2, 0.25) is 10.0 Å². The summed E-state index contributed by atoms with van der Waals surface area (Å²) in [6, 6.07) is 13.4. The number of anilines is 2. The molecule has 140 valence electrons. The van der Waals surface area contributed by atoms with E-state index in [-0.39, 0.29) is 0 Å². The number of ether oxygens (including phenoxy) is 1. The number of hydrogen-bond acceptors (Lipinski definition) is 3. The minimum atomic E-state index is 0.365. The third kappa shape index (κ3) is 4.91. The summed E-state index contributed by atoms with van der Waals surface area (Å²) in [7, 11) is 1.61. The molecule has 0 saturated heterocycles. The van der Waals surface area contributed by atoms with E-state index in [1.807, 2.05) is 49.4 Å². The zero-order valence-corrected chi connectivity index (χ0v) is 17.1. The molecule has 0 spiro atoms. The molecule has 3 aromatic rings. The Labute approximate surface area is 173 Å². The van der Waals surface area contributed by atoms with Gasteiger partial charge < -0.3 is 15.4 Å². The summed E-state index contributed by atoms with van der Waals surface area (Å²) in [6.07, 6.45) is 1.73. The van der Waals surface area contributed by atoms with Crippen molar-refractivity contribution in [3.63, 3.8) is 0 Å². The molecule has 0 aliphatic carbocycles. The summed E-state index contributed by atoms with van der Waals surface area (Å²) in [4.78, 5) is 0. The Kier molecular flexibility index (Phi) is 6.21. The summed E-state index contributed by atoms with van der Waals surface area (Å²) in [6.45, 7) is 2.50. The van der Waals surface area contributed by atoms with Crippen LogP contribution >= 0.6 is 35.4 Å². The third-order valence-electron chi connectivity index (χ3n) is 3.84. The van der Waals surface area contributed by atoms with E-state index in [0.29, 0.717) is 33.3 Å². The lowest BCUT2D eigenvalue weighted by Gasteiger charge is -2.13. The molecular formula is C19H18Cl2N4OS. The van der Waals surface area contributed by atoms with Gasteiger partial charge in [0.05, 0.1) is 19.3 Å². The first-order valence-electron chi connectivity index (χ1n) is 8.15. The van der Waals surface area contributed by atoms with Crippen molar-refractivity contribution in [2.45, 2.75) is 13.5 Å². The number of methoxy groups -OCH3 is 1. The molecule has 0 unspecified atom stereocenters. The minimum Gasteiger partial charge on any atom is -0.495 e. The quantitative estimate of drug-likeness (QED) is 0.543. The lowest BCUT2D eigenvalue weighted by molar-refractivity contribution is 0.417. The van der Waals surface area contributed by atoms with Crippen molar-refractivity contribution in [3.8, 4) is 5.75 Å².